The van der Waals surface area contributed by atoms with Gasteiger partial charge in [0.2, 0.25) is 0 Å². The monoisotopic (exact) mass is 270 g/mol. The van der Waals surface area contributed by atoms with Crippen LogP contribution in [0.25, 0.3) is 11.3 Å². The molecule has 2 aromatic rings. The van der Waals surface area contributed by atoms with Crippen LogP contribution in [-0.4, -0.2) is 4.57 Å². The highest BCUT2D eigenvalue weighted by atomic mass is 16.1. The Morgan fingerprint density at radius 3 is 2.45 bits per heavy atom. The third kappa shape index (κ3) is 2.54. The number of benzene rings is 1. The molecular formula is C17H22N2O. The highest BCUT2D eigenvalue weighted by Crippen LogP contribution is 2.24. The number of pyridine rings is 1. The van der Waals surface area contributed by atoms with Crippen LogP contribution in [0.15, 0.2) is 35.1 Å². The summed E-state index contributed by atoms with van der Waals surface area (Å²) in [5.41, 5.74) is 11.0. The zero-order chi connectivity index (χ0) is 14.9. The molecule has 106 valence electrons. The first-order valence-corrected chi connectivity index (χ1v) is 7.02. The maximum Gasteiger partial charge on any atom is 0.255 e. The molecule has 1 atom stereocenters. The van der Waals surface area contributed by atoms with Crippen LogP contribution in [0, 0.1) is 13.8 Å². The van der Waals surface area contributed by atoms with E-state index in [1.54, 1.807) is 4.57 Å². The van der Waals surface area contributed by atoms with Gasteiger partial charge in [0, 0.05) is 23.7 Å². The number of aromatic nitrogens is 1. The van der Waals surface area contributed by atoms with E-state index in [2.05, 4.69) is 32.0 Å². The molecular weight excluding hydrogens is 248 g/mol. The Morgan fingerprint density at radius 2 is 1.90 bits per heavy atom. The highest BCUT2D eigenvalue weighted by Gasteiger charge is 2.13. The van der Waals surface area contributed by atoms with Crippen molar-refractivity contribution in [1.82, 2.24) is 4.57 Å². The van der Waals surface area contributed by atoms with Gasteiger partial charge in [-0.1, -0.05) is 23.8 Å². The van der Waals surface area contributed by atoms with Crippen molar-refractivity contribution < 1.29 is 0 Å². The molecule has 2 N–H and O–H groups in total. The maximum atomic E-state index is 12.5. The molecule has 0 aliphatic heterocycles. The summed E-state index contributed by atoms with van der Waals surface area (Å²) in [4.78, 5) is 12.5. The van der Waals surface area contributed by atoms with Crippen LogP contribution in [0.2, 0.25) is 0 Å². The van der Waals surface area contributed by atoms with Crippen molar-refractivity contribution in [3.05, 3.63) is 57.4 Å². The predicted octanol–water partition coefficient (Wildman–Crippen LogP) is 3.17. The first-order valence-electron chi connectivity index (χ1n) is 7.02. The number of hydrogen-bond acceptors (Lipinski definition) is 2. The molecule has 1 aromatic heterocycles. The summed E-state index contributed by atoms with van der Waals surface area (Å²) in [6, 6.07) is 9.91. The average Bonchev–Trinajstić information content (AvgIpc) is 2.38. The molecule has 0 radical (unpaired) electrons. The maximum absolute atomic E-state index is 12.5. The van der Waals surface area contributed by atoms with Gasteiger partial charge in [-0.25, -0.2) is 0 Å². The van der Waals surface area contributed by atoms with Crippen LogP contribution < -0.4 is 11.3 Å². The first kappa shape index (κ1) is 14.5. The SMILES string of the molecule is CCn1c(-c2ccc(C)cc2C)ccc(C(C)N)c1=O. The van der Waals surface area contributed by atoms with E-state index in [-0.39, 0.29) is 11.6 Å². The topological polar surface area (TPSA) is 48.0 Å². The van der Waals surface area contributed by atoms with Crippen LogP contribution in [0.4, 0.5) is 0 Å². The third-order valence-electron chi connectivity index (χ3n) is 3.67. The molecule has 0 fully saturated rings. The molecule has 0 amide bonds. The molecule has 20 heavy (non-hydrogen) atoms. The van der Waals surface area contributed by atoms with Gasteiger partial charge in [-0.3, -0.25) is 4.79 Å². The minimum Gasteiger partial charge on any atom is -0.324 e. The highest BCUT2D eigenvalue weighted by molar-refractivity contribution is 5.64. The molecule has 0 aliphatic rings. The van der Waals surface area contributed by atoms with Gasteiger partial charge in [0.1, 0.15) is 0 Å². The fourth-order valence-electron chi connectivity index (χ4n) is 2.59. The standard InChI is InChI=1S/C17H22N2O/c1-5-19-16(9-8-15(13(4)18)17(19)20)14-7-6-11(2)10-12(14)3/h6-10,13H,5,18H2,1-4H3. The molecule has 1 heterocycles. The molecule has 0 saturated heterocycles. The van der Waals surface area contributed by atoms with E-state index in [0.717, 1.165) is 11.3 Å². The zero-order valence-electron chi connectivity index (χ0n) is 12.6. The largest absolute Gasteiger partial charge is 0.324 e. The average molecular weight is 270 g/mol. The zero-order valence-corrected chi connectivity index (χ0v) is 12.6. The van der Waals surface area contributed by atoms with Gasteiger partial charge in [-0.15, -0.1) is 0 Å². The summed E-state index contributed by atoms with van der Waals surface area (Å²) in [7, 11) is 0. The van der Waals surface area contributed by atoms with E-state index in [9.17, 15) is 4.79 Å². The van der Waals surface area contributed by atoms with Crippen molar-refractivity contribution in [3.8, 4) is 11.3 Å². The van der Waals surface area contributed by atoms with Crippen molar-refractivity contribution in [3.63, 3.8) is 0 Å². The van der Waals surface area contributed by atoms with Crippen LogP contribution in [0.1, 0.15) is 36.6 Å². The summed E-state index contributed by atoms with van der Waals surface area (Å²) in [6.45, 7) is 8.62. The van der Waals surface area contributed by atoms with Crippen molar-refractivity contribution in [2.75, 3.05) is 0 Å². The van der Waals surface area contributed by atoms with Crippen molar-refractivity contribution in [2.45, 2.75) is 40.3 Å². The summed E-state index contributed by atoms with van der Waals surface area (Å²) in [5.74, 6) is 0. The fraction of sp³-hybridized carbons (Fsp3) is 0.353. The van der Waals surface area contributed by atoms with Crippen molar-refractivity contribution in [1.29, 1.82) is 0 Å². The smallest absolute Gasteiger partial charge is 0.255 e. The van der Waals surface area contributed by atoms with Gasteiger partial charge in [0.05, 0.1) is 5.69 Å². The van der Waals surface area contributed by atoms with Gasteiger partial charge in [-0.2, -0.15) is 0 Å². The van der Waals surface area contributed by atoms with Crippen LogP contribution in [-0.2, 0) is 6.54 Å². The Kier molecular flexibility index (Phi) is 4.09. The number of rotatable bonds is 3. The molecule has 1 aromatic carbocycles. The lowest BCUT2D eigenvalue weighted by molar-refractivity contribution is 0.698. The normalized spacial score (nSPS) is 12.4. The minimum atomic E-state index is -0.242. The van der Waals surface area contributed by atoms with Crippen molar-refractivity contribution in [2.24, 2.45) is 5.73 Å². The summed E-state index contributed by atoms with van der Waals surface area (Å²) in [5, 5.41) is 0. The lowest BCUT2D eigenvalue weighted by atomic mass is 10.0. The second-order valence-electron chi connectivity index (χ2n) is 5.33. The Hall–Kier alpha value is -1.87. The van der Waals surface area contributed by atoms with Gasteiger partial charge < -0.3 is 10.3 Å². The quantitative estimate of drug-likeness (QED) is 0.931. The summed E-state index contributed by atoms with van der Waals surface area (Å²) >= 11 is 0. The molecule has 3 heteroatoms. The van der Waals surface area contributed by atoms with Crippen LogP contribution in [0.5, 0.6) is 0 Å². The predicted molar refractivity (Wildman–Crippen MR) is 83.9 cm³/mol. The van der Waals surface area contributed by atoms with Crippen LogP contribution in [0.3, 0.4) is 0 Å². The van der Waals surface area contributed by atoms with E-state index >= 15 is 0 Å². The van der Waals surface area contributed by atoms with E-state index in [0.29, 0.717) is 12.1 Å². The lowest BCUT2D eigenvalue weighted by Crippen LogP contribution is -2.27. The van der Waals surface area contributed by atoms with Gasteiger partial charge >= 0.3 is 0 Å². The van der Waals surface area contributed by atoms with E-state index < -0.39 is 0 Å². The van der Waals surface area contributed by atoms with E-state index in [1.165, 1.54) is 11.1 Å². The number of aryl methyl sites for hydroxylation is 2. The van der Waals surface area contributed by atoms with Gasteiger partial charge in [0.15, 0.2) is 0 Å². The Balaban J connectivity index is 2.69. The van der Waals surface area contributed by atoms with E-state index in [1.807, 2.05) is 26.0 Å². The molecule has 0 bridgehead atoms. The molecule has 0 spiro atoms. The first-order chi connectivity index (χ1) is 9.45. The molecule has 2 rings (SSSR count). The number of hydrogen-bond donors (Lipinski definition) is 1. The minimum absolute atomic E-state index is 0.0139. The van der Waals surface area contributed by atoms with Crippen molar-refractivity contribution >= 4 is 0 Å². The Labute approximate surface area is 120 Å². The molecule has 3 nitrogen and oxygen atoms in total. The van der Waals surface area contributed by atoms with Gasteiger partial charge in [-0.05, 0) is 45.4 Å². The number of nitrogens with two attached hydrogens (primary N) is 1. The summed E-state index contributed by atoms with van der Waals surface area (Å²) < 4.78 is 1.80. The van der Waals surface area contributed by atoms with Crippen LogP contribution >= 0.6 is 0 Å². The fourth-order valence-corrected chi connectivity index (χ4v) is 2.59. The van der Waals surface area contributed by atoms with Gasteiger partial charge in [0.25, 0.3) is 5.56 Å². The number of nitrogens with zero attached hydrogens (tertiary/aromatic N) is 1. The third-order valence-corrected chi connectivity index (χ3v) is 3.67. The second kappa shape index (κ2) is 5.63. The Morgan fingerprint density at radius 1 is 1.20 bits per heavy atom. The van der Waals surface area contributed by atoms with E-state index in [4.69, 9.17) is 5.73 Å². The molecule has 0 saturated carbocycles. The second-order valence-corrected chi connectivity index (χ2v) is 5.33. The molecule has 1 unspecified atom stereocenters. The molecule has 0 aliphatic carbocycles. The Bertz CT molecular complexity index is 684. The summed E-state index contributed by atoms with van der Waals surface area (Å²) in [6.07, 6.45) is 0. The lowest BCUT2D eigenvalue weighted by Gasteiger charge is -2.16.